The molecule has 0 radical (unpaired) electrons. The van der Waals surface area contributed by atoms with E-state index >= 15 is 0 Å². The van der Waals surface area contributed by atoms with E-state index < -0.39 is 0 Å². The van der Waals surface area contributed by atoms with E-state index in [-0.39, 0.29) is 24.3 Å². The first-order valence-corrected chi connectivity index (χ1v) is 8.61. The number of nitrogens with zero attached hydrogens (tertiary/aromatic N) is 5. The summed E-state index contributed by atoms with van der Waals surface area (Å²) in [7, 11) is 0. The maximum Gasteiger partial charge on any atom is 0.229 e. The summed E-state index contributed by atoms with van der Waals surface area (Å²) in [6, 6.07) is 8.06. The molecule has 3 aromatic rings. The Hall–Kier alpha value is -2.81. The molecule has 0 bridgehead atoms. The van der Waals surface area contributed by atoms with Crippen molar-refractivity contribution in [2.75, 3.05) is 0 Å². The first kappa shape index (κ1) is 16.6. The number of halogens is 2. The van der Waals surface area contributed by atoms with Crippen LogP contribution < -0.4 is 0 Å². The Morgan fingerprint density at radius 1 is 1.31 bits per heavy atom. The molecule has 0 saturated carbocycles. The van der Waals surface area contributed by atoms with Crippen LogP contribution in [-0.4, -0.2) is 31.0 Å². The van der Waals surface area contributed by atoms with E-state index in [0.717, 1.165) is 0 Å². The SMILES string of the molecule is Oc1nc(C2=NN(Cc3ccccc3F)C(c3ccon3)C2)ncc1Br. The second-order valence-corrected chi connectivity index (χ2v) is 6.60. The van der Waals surface area contributed by atoms with Crippen LogP contribution >= 0.6 is 15.9 Å². The molecule has 2 aromatic heterocycles. The Morgan fingerprint density at radius 3 is 2.88 bits per heavy atom. The van der Waals surface area contributed by atoms with Gasteiger partial charge in [-0.1, -0.05) is 23.4 Å². The zero-order chi connectivity index (χ0) is 18.1. The highest BCUT2D eigenvalue weighted by Crippen LogP contribution is 2.33. The molecule has 132 valence electrons. The number of hydrogen-bond donors (Lipinski definition) is 1. The third kappa shape index (κ3) is 3.17. The second kappa shape index (κ2) is 6.83. The molecule has 26 heavy (non-hydrogen) atoms. The summed E-state index contributed by atoms with van der Waals surface area (Å²) in [5.41, 5.74) is 1.78. The quantitative estimate of drug-likeness (QED) is 0.699. The Kier molecular flexibility index (Phi) is 4.37. The molecule has 0 amide bonds. The molecule has 3 heterocycles. The van der Waals surface area contributed by atoms with Crippen LogP contribution in [0.2, 0.25) is 0 Å². The molecule has 0 spiro atoms. The smallest absolute Gasteiger partial charge is 0.229 e. The van der Waals surface area contributed by atoms with Crippen LogP contribution in [0, 0.1) is 5.82 Å². The van der Waals surface area contributed by atoms with E-state index in [1.54, 1.807) is 29.3 Å². The van der Waals surface area contributed by atoms with Crippen molar-refractivity contribution in [1.82, 2.24) is 20.1 Å². The van der Waals surface area contributed by atoms with E-state index in [4.69, 9.17) is 4.52 Å². The Labute approximate surface area is 156 Å². The van der Waals surface area contributed by atoms with Crippen LogP contribution in [-0.2, 0) is 6.54 Å². The highest BCUT2D eigenvalue weighted by molar-refractivity contribution is 9.10. The Balaban J connectivity index is 1.68. The summed E-state index contributed by atoms with van der Waals surface area (Å²) in [6.07, 6.45) is 3.41. The van der Waals surface area contributed by atoms with Crippen molar-refractivity contribution < 1.29 is 14.0 Å². The van der Waals surface area contributed by atoms with Gasteiger partial charge in [-0.15, -0.1) is 0 Å². The first-order valence-electron chi connectivity index (χ1n) is 7.81. The molecule has 9 heteroatoms. The number of benzene rings is 1. The summed E-state index contributed by atoms with van der Waals surface area (Å²) < 4.78 is 19.4. The van der Waals surface area contributed by atoms with E-state index in [1.807, 2.05) is 0 Å². The lowest BCUT2D eigenvalue weighted by Gasteiger charge is -2.21. The lowest BCUT2D eigenvalue weighted by molar-refractivity contribution is 0.211. The molecule has 1 unspecified atom stereocenters. The maximum atomic E-state index is 14.1. The molecule has 1 N–H and O–H groups in total. The van der Waals surface area contributed by atoms with Gasteiger partial charge < -0.3 is 9.63 Å². The van der Waals surface area contributed by atoms with Crippen molar-refractivity contribution in [2.24, 2.45) is 5.10 Å². The zero-order valence-corrected chi connectivity index (χ0v) is 15.0. The van der Waals surface area contributed by atoms with Gasteiger partial charge in [-0.3, -0.25) is 5.01 Å². The number of hydrazone groups is 1. The standard InChI is InChI=1S/C17H13BrFN5O2/c18-11-8-20-16(21-17(11)25)14-7-15(13-5-6-26-23-13)24(22-14)9-10-3-1-2-4-12(10)19/h1-6,8,15H,7,9H2,(H,20,21,25). The highest BCUT2D eigenvalue weighted by Gasteiger charge is 2.32. The average Bonchev–Trinajstić information content (AvgIpc) is 3.29. The topological polar surface area (TPSA) is 87.6 Å². The van der Waals surface area contributed by atoms with E-state index in [1.165, 1.54) is 18.5 Å². The summed E-state index contributed by atoms with van der Waals surface area (Å²) in [4.78, 5) is 8.25. The third-order valence-corrected chi connectivity index (χ3v) is 4.63. The minimum atomic E-state index is -0.299. The monoisotopic (exact) mass is 417 g/mol. The normalized spacial score (nSPS) is 16.8. The molecular weight excluding hydrogens is 405 g/mol. The minimum Gasteiger partial charge on any atom is -0.492 e. The van der Waals surface area contributed by atoms with Crippen LogP contribution in [0.1, 0.15) is 29.5 Å². The Bertz CT molecular complexity index is 964. The van der Waals surface area contributed by atoms with Crippen molar-refractivity contribution in [1.29, 1.82) is 0 Å². The largest absolute Gasteiger partial charge is 0.492 e. The fourth-order valence-corrected chi connectivity index (χ4v) is 2.98. The summed E-state index contributed by atoms with van der Waals surface area (Å²) >= 11 is 3.16. The van der Waals surface area contributed by atoms with E-state index in [2.05, 4.69) is 36.2 Å². The molecule has 1 atom stereocenters. The van der Waals surface area contributed by atoms with Gasteiger partial charge in [-0.2, -0.15) is 10.1 Å². The lowest BCUT2D eigenvalue weighted by Crippen LogP contribution is -2.20. The molecule has 0 saturated heterocycles. The maximum absolute atomic E-state index is 14.1. The van der Waals surface area contributed by atoms with Crippen molar-refractivity contribution in [2.45, 2.75) is 19.0 Å². The van der Waals surface area contributed by atoms with Gasteiger partial charge in [-0.25, -0.2) is 9.37 Å². The number of hydrogen-bond acceptors (Lipinski definition) is 7. The number of aromatic hydroxyl groups is 1. The van der Waals surface area contributed by atoms with Gasteiger partial charge in [0.15, 0.2) is 5.82 Å². The van der Waals surface area contributed by atoms with Gasteiger partial charge in [-0.05, 0) is 22.0 Å². The van der Waals surface area contributed by atoms with E-state index in [9.17, 15) is 9.50 Å². The fraction of sp³-hybridized carbons (Fsp3) is 0.176. The molecule has 4 rings (SSSR count). The molecule has 7 nitrogen and oxygen atoms in total. The van der Waals surface area contributed by atoms with Crippen molar-refractivity contribution in [3.8, 4) is 5.88 Å². The number of aromatic nitrogens is 3. The third-order valence-electron chi connectivity index (χ3n) is 4.07. The fourth-order valence-electron chi connectivity index (χ4n) is 2.78. The molecule has 1 aromatic carbocycles. The van der Waals surface area contributed by atoms with Gasteiger partial charge >= 0.3 is 0 Å². The van der Waals surface area contributed by atoms with Crippen LogP contribution in [0.3, 0.4) is 0 Å². The summed E-state index contributed by atoms with van der Waals surface area (Å²) in [5, 5.41) is 20.1. The second-order valence-electron chi connectivity index (χ2n) is 5.75. The molecule has 1 aliphatic heterocycles. The average molecular weight is 418 g/mol. The first-order chi connectivity index (χ1) is 12.6. The predicted octanol–water partition coefficient (Wildman–Crippen LogP) is 3.42. The van der Waals surface area contributed by atoms with Crippen LogP contribution in [0.25, 0.3) is 0 Å². The van der Waals surface area contributed by atoms with Crippen LogP contribution in [0.5, 0.6) is 5.88 Å². The van der Waals surface area contributed by atoms with Crippen LogP contribution in [0.15, 0.2) is 56.9 Å². The predicted molar refractivity (Wildman–Crippen MR) is 93.7 cm³/mol. The molecule has 1 aliphatic rings. The number of rotatable bonds is 4. The van der Waals surface area contributed by atoms with Gasteiger partial charge in [0.1, 0.15) is 23.5 Å². The molecule has 0 fully saturated rings. The highest BCUT2D eigenvalue weighted by atomic mass is 79.9. The Morgan fingerprint density at radius 2 is 2.15 bits per heavy atom. The zero-order valence-electron chi connectivity index (χ0n) is 13.4. The van der Waals surface area contributed by atoms with Gasteiger partial charge in [0, 0.05) is 24.2 Å². The van der Waals surface area contributed by atoms with Crippen molar-refractivity contribution in [3.63, 3.8) is 0 Å². The molecular formula is C17H13BrFN5O2. The lowest BCUT2D eigenvalue weighted by atomic mass is 10.1. The van der Waals surface area contributed by atoms with Gasteiger partial charge in [0.25, 0.3) is 0 Å². The van der Waals surface area contributed by atoms with Crippen molar-refractivity contribution >= 4 is 21.6 Å². The van der Waals surface area contributed by atoms with Crippen LogP contribution in [0.4, 0.5) is 4.39 Å². The minimum absolute atomic E-state index is 0.164. The van der Waals surface area contributed by atoms with Gasteiger partial charge in [0.05, 0.1) is 17.1 Å². The van der Waals surface area contributed by atoms with Crippen molar-refractivity contribution in [3.05, 3.63) is 70.2 Å². The van der Waals surface area contributed by atoms with E-state index in [0.29, 0.717) is 33.7 Å². The summed E-state index contributed by atoms with van der Waals surface area (Å²) in [6.45, 7) is 0.260. The summed E-state index contributed by atoms with van der Waals surface area (Å²) in [5.74, 6) is -0.147. The molecule has 0 aliphatic carbocycles. The van der Waals surface area contributed by atoms with Gasteiger partial charge in [0.2, 0.25) is 5.88 Å².